The summed E-state index contributed by atoms with van der Waals surface area (Å²) in [6, 6.07) is 18.1. The van der Waals surface area contributed by atoms with E-state index in [0.717, 1.165) is 9.21 Å². The molecule has 1 aliphatic rings. The summed E-state index contributed by atoms with van der Waals surface area (Å²) in [5, 5.41) is 0. The second kappa shape index (κ2) is 9.13. The molecule has 1 saturated heterocycles. The van der Waals surface area contributed by atoms with Gasteiger partial charge in [-0.05, 0) is 54.1 Å². The number of carbonyl (C=O) groups excluding carboxylic acids is 2. The van der Waals surface area contributed by atoms with E-state index in [0.29, 0.717) is 17.0 Å². The van der Waals surface area contributed by atoms with Crippen molar-refractivity contribution in [1.82, 2.24) is 4.31 Å². The van der Waals surface area contributed by atoms with E-state index in [-0.39, 0.29) is 17.9 Å². The van der Waals surface area contributed by atoms with Crippen LogP contribution in [0.15, 0.2) is 83.8 Å². The third-order valence-electron chi connectivity index (χ3n) is 5.40. The predicted molar refractivity (Wildman–Crippen MR) is 119 cm³/mol. The topological polar surface area (TPSA) is 84.0 Å². The Morgan fingerprint density at radius 2 is 1.61 bits per heavy atom. The van der Waals surface area contributed by atoms with Gasteiger partial charge in [0, 0.05) is 6.54 Å². The van der Waals surface area contributed by atoms with E-state index in [4.69, 9.17) is 4.74 Å². The van der Waals surface area contributed by atoms with Crippen molar-refractivity contribution < 1.29 is 27.1 Å². The zero-order valence-corrected chi connectivity index (χ0v) is 18.5. The minimum Gasteiger partial charge on any atom is -0.497 e. The van der Waals surface area contributed by atoms with Crippen LogP contribution in [0.25, 0.3) is 0 Å². The lowest BCUT2D eigenvalue weighted by atomic mass is 10.2. The third-order valence-corrected chi connectivity index (χ3v) is 7.27. The van der Waals surface area contributed by atoms with Crippen LogP contribution < -0.4 is 9.64 Å². The SMILES string of the molecule is COc1ccc(N2C(=O)CC(N(Cc3ccc(F)cc3)S(=O)(=O)c3ccccc3)C2=O)cc1. The van der Waals surface area contributed by atoms with Gasteiger partial charge < -0.3 is 4.74 Å². The Bertz CT molecular complexity index is 1260. The molecule has 0 spiro atoms. The van der Waals surface area contributed by atoms with E-state index in [1.807, 2.05) is 0 Å². The molecule has 0 aliphatic carbocycles. The Morgan fingerprint density at radius 3 is 2.21 bits per heavy atom. The van der Waals surface area contributed by atoms with Crippen LogP contribution in [0.4, 0.5) is 10.1 Å². The number of rotatable bonds is 7. The Morgan fingerprint density at radius 1 is 0.970 bits per heavy atom. The molecule has 4 rings (SSSR count). The molecule has 1 heterocycles. The van der Waals surface area contributed by atoms with Crippen molar-refractivity contribution in [2.75, 3.05) is 12.0 Å². The lowest BCUT2D eigenvalue weighted by molar-refractivity contribution is -0.122. The average Bonchev–Trinajstić information content (AvgIpc) is 3.12. The van der Waals surface area contributed by atoms with Crippen LogP contribution in [0.5, 0.6) is 5.75 Å². The van der Waals surface area contributed by atoms with Crippen molar-refractivity contribution in [1.29, 1.82) is 0 Å². The summed E-state index contributed by atoms with van der Waals surface area (Å²) in [6.45, 7) is -0.197. The highest BCUT2D eigenvalue weighted by Gasteiger charge is 2.47. The summed E-state index contributed by atoms with van der Waals surface area (Å²) >= 11 is 0. The average molecular weight is 469 g/mol. The zero-order valence-electron chi connectivity index (χ0n) is 17.7. The Hall–Kier alpha value is -3.56. The summed E-state index contributed by atoms with van der Waals surface area (Å²) in [5.41, 5.74) is 0.811. The molecule has 0 N–H and O–H groups in total. The first-order valence-electron chi connectivity index (χ1n) is 10.1. The first-order chi connectivity index (χ1) is 15.8. The lowest BCUT2D eigenvalue weighted by Gasteiger charge is -2.27. The molecule has 1 unspecified atom stereocenters. The van der Waals surface area contributed by atoms with Gasteiger partial charge in [-0.3, -0.25) is 9.59 Å². The molecule has 0 bridgehead atoms. The van der Waals surface area contributed by atoms with Crippen molar-refractivity contribution in [3.8, 4) is 5.75 Å². The quantitative estimate of drug-likeness (QED) is 0.497. The summed E-state index contributed by atoms with van der Waals surface area (Å²) in [5.74, 6) is -1.07. The number of halogens is 1. The van der Waals surface area contributed by atoms with Crippen LogP contribution in [-0.2, 0) is 26.2 Å². The molecule has 3 aromatic rings. The molecule has 7 nitrogen and oxygen atoms in total. The number of anilines is 1. The second-order valence-electron chi connectivity index (χ2n) is 7.48. The van der Waals surface area contributed by atoms with E-state index in [2.05, 4.69) is 0 Å². The summed E-state index contributed by atoms with van der Waals surface area (Å²) < 4.78 is 46.6. The van der Waals surface area contributed by atoms with Gasteiger partial charge in [-0.1, -0.05) is 30.3 Å². The van der Waals surface area contributed by atoms with Crippen LogP contribution in [0, 0.1) is 5.82 Å². The molecule has 1 fully saturated rings. The fraction of sp³-hybridized carbons (Fsp3) is 0.167. The van der Waals surface area contributed by atoms with E-state index in [1.54, 1.807) is 42.5 Å². The maximum atomic E-state index is 13.5. The number of benzene rings is 3. The van der Waals surface area contributed by atoms with Crippen LogP contribution in [-0.4, -0.2) is 37.7 Å². The number of hydrogen-bond donors (Lipinski definition) is 0. The van der Waals surface area contributed by atoms with Gasteiger partial charge in [0.1, 0.15) is 17.6 Å². The molecule has 1 atom stereocenters. The molecule has 33 heavy (non-hydrogen) atoms. The second-order valence-corrected chi connectivity index (χ2v) is 9.37. The summed E-state index contributed by atoms with van der Waals surface area (Å²) in [4.78, 5) is 27.1. The standard InChI is InChI=1S/C24H21FN2O5S/c1-32-20-13-11-19(12-14-20)27-23(28)15-22(24(27)29)26(16-17-7-9-18(25)10-8-17)33(30,31)21-5-3-2-4-6-21/h2-14,22H,15-16H2,1H3. The van der Waals surface area contributed by atoms with Crippen molar-refractivity contribution >= 4 is 27.5 Å². The molecule has 0 saturated carbocycles. The number of hydrogen-bond acceptors (Lipinski definition) is 5. The van der Waals surface area contributed by atoms with Crippen molar-refractivity contribution in [2.24, 2.45) is 0 Å². The van der Waals surface area contributed by atoms with E-state index in [9.17, 15) is 22.4 Å². The van der Waals surface area contributed by atoms with Gasteiger partial charge >= 0.3 is 0 Å². The van der Waals surface area contributed by atoms with Crippen LogP contribution in [0.3, 0.4) is 0 Å². The summed E-state index contributed by atoms with van der Waals surface area (Å²) in [7, 11) is -2.65. The van der Waals surface area contributed by atoms with Gasteiger partial charge in [0.2, 0.25) is 15.9 Å². The van der Waals surface area contributed by atoms with E-state index in [1.165, 1.54) is 43.5 Å². The first-order valence-corrected chi connectivity index (χ1v) is 11.6. The van der Waals surface area contributed by atoms with Gasteiger partial charge in [0.25, 0.3) is 5.91 Å². The number of sulfonamides is 1. The Labute approximate surface area is 191 Å². The number of carbonyl (C=O) groups is 2. The van der Waals surface area contributed by atoms with E-state index >= 15 is 0 Å². The monoisotopic (exact) mass is 468 g/mol. The Kier molecular flexibility index (Phi) is 6.26. The molecule has 9 heteroatoms. The molecular formula is C24H21FN2O5S. The fourth-order valence-electron chi connectivity index (χ4n) is 3.70. The third kappa shape index (κ3) is 4.50. The maximum absolute atomic E-state index is 13.5. The highest BCUT2D eigenvalue weighted by Crippen LogP contribution is 2.31. The molecule has 0 aromatic heterocycles. The van der Waals surface area contributed by atoms with Gasteiger partial charge in [0.15, 0.2) is 0 Å². The molecule has 3 aromatic carbocycles. The van der Waals surface area contributed by atoms with Crippen LogP contribution >= 0.6 is 0 Å². The van der Waals surface area contributed by atoms with Crippen molar-refractivity contribution in [3.05, 3.63) is 90.2 Å². The smallest absolute Gasteiger partial charge is 0.252 e. The Balaban J connectivity index is 1.72. The number of amides is 2. The van der Waals surface area contributed by atoms with E-state index < -0.39 is 33.7 Å². The van der Waals surface area contributed by atoms with Gasteiger partial charge in [-0.15, -0.1) is 0 Å². The number of imide groups is 1. The van der Waals surface area contributed by atoms with Crippen LogP contribution in [0.2, 0.25) is 0 Å². The van der Waals surface area contributed by atoms with Crippen LogP contribution in [0.1, 0.15) is 12.0 Å². The zero-order chi connectivity index (χ0) is 23.6. The fourth-order valence-corrected chi connectivity index (χ4v) is 5.29. The highest BCUT2D eigenvalue weighted by molar-refractivity contribution is 7.89. The maximum Gasteiger partial charge on any atom is 0.252 e. The molecule has 0 radical (unpaired) electrons. The number of ether oxygens (including phenoxy) is 1. The number of nitrogens with zero attached hydrogens (tertiary/aromatic N) is 2. The molecule has 170 valence electrons. The first kappa shape index (κ1) is 22.6. The van der Waals surface area contributed by atoms with Gasteiger partial charge in [-0.2, -0.15) is 4.31 Å². The van der Waals surface area contributed by atoms with Gasteiger partial charge in [0.05, 0.1) is 24.1 Å². The lowest BCUT2D eigenvalue weighted by Crippen LogP contribution is -2.45. The summed E-state index contributed by atoms with van der Waals surface area (Å²) in [6.07, 6.45) is -0.307. The van der Waals surface area contributed by atoms with Crippen molar-refractivity contribution in [2.45, 2.75) is 23.9 Å². The normalized spacial score (nSPS) is 16.5. The molecule has 2 amide bonds. The largest absolute Gasteiger partial charge is 0.497 e. The van der Waals surface area contributed by atoms with Crippen molar-refractivity contribution in [3.63, 3.8) is 0 Å². The van der Waals surface area contributed by atoms with Gasteiger partial charge in [-0.25, -0.2) is 17.7 Å². The predicted octanol–water partition coefficient (Wildman–Crippen LogP) is 3.36. The minimum absolute atomic E-state index is 0.00439. The highest BCUT2D eigenvalue weighted by atomic mass is 32.2. The molecular weight excluding hydrogens is 447 g/mol. The molecule has 1 aliphatic heterocycles. The number of methoxy groups -OCH3 is 1. The minimum atomic E-state index is -4.15.